The summed E-state index contributed by atoms with van der Waals surface area (Å²) in [7, 11) is 4.23. The van der Waals surface area contributed by atoms with Crippen LogP contribution in [0.1, 0.15) is 40.5 Å². The molecule has 2 N–H and O–H groups in total. The summed E-state index contributed by atoms with van der Waals surface area (Å²) in [4.78, 5) is 4.72. The van der Waals surface area contributed by atoms with Gasteiger partial charge in [-0.05, 0) is 53.9 Å². The Bertz CT molecular complexity index is 223. The van der Waals surface area contributed by atoms with Gasteiger partial charge >= 0.3 is 0 Å². The van der Waals surface area contributed by atoms with Gasteiger partial charge in [-0.2, -0.15) is 0 Å². The number of nitrogens with zero attached hydrogens (tertiary/aromatic N) is 2. The van der Waals surface area contributed by atoms with Crippen molar-refractivity contribution in [1.82, 2.24) is 15.1 Å². The Balaban J connectivity index is 4.29. The first-order valence-electron chi connectivity index (χ1n) is 7.63. The van der Waals surface area contributed by atoms with Gasteiger partial charge in [0.05, 0.1) is 6.61 Å². The summed E-state index contributed by atoms with van der Waals surface area (Å²) in [5, 5.41) is 13.1. The van der Waals surface area contributed by atoms with E-state index in [1.54, 1.807) is 0 Å². The molecule has 0 fully saturated rings. The minimum absolute atomic E-state index is 0.152. The molecule has 0 rings (SSSR count). The predicted molar refractivity (Wildman–Crippen MR) is 83.7 cm³/mol. The lowest BCUT2D eigenvalue weighted by molar-refractivity contribution is 0.125. The molecule has 0 aromatic carbocycles. The van der Waals surface area contributed by atoms with E-state index in [0.29, 0.717) is 6.04 Å². The third-order valence-electron chi connectivity index (χ3n) is 3.76. The molecule has 4 heteroatoms. The maximum Gasteiger partial charge on any atom is 0.0611 e. The standard InChI is InChI=1S/C15H35N3O/c1-7-10-16-15(4,13-19)9-11-18(8-2)14(3)12-17(5)6/h14,16,19H,7-13H2,1-6H3. The van der Waals surface area contributed by atoms with Crippen LogP contribution in [0.3, 0.4) is 0 Å². The minimum Gasteiger partial charge on any atom is -0.394 e. The second kappa shape index (κ2) is 9.70. The third kappa shape index (κ3) is 7.88. The smallest absolute Gasteiger partial charge is 0.0611 e. The van der Waals surface area contributed by atoms with E-state index in [9.17, 15) is 5.11 Å². The van der Waals surface area contributed by atoms with Crippen molar-refractivity contribution in [3.05, 3.63) is 0 Å². The van der Waals surface area contributed by atoms with Gasteiger partial charge < -0.3 is 15.3 Å². The SMILES string of the molecule is CCCNC(C)(CO)CCN(CC)C(C)CN(C)C. The fourth-order valence-corrected chi connectivity index (χ4v) is 2.37. The normalized spacial score (nSPS) is 16.9. The van der Waals surface area contributed by atoms with Crippen LogP contribution in [0.2, 0.25) is 0 Å². The largest absolute Gasteiger partial charge is 0.394 e. The van der Waals surface area contributed by atoms with Crippen molar-refractivity contribution in [2.75, 3.05) is 46.9 Å². The fraction of sp³-hybridized carbons (Fsp3) is 1.00. The molecular formula is C15H35N3O. The highest BCUT2D eigenvalue weighted by Gasteiger charge is 2.24. The Hall–Kier alpha value is -0.160. The summed E-state index contributed by atoms with van der Waals surface area (Å²) in [6.45, 7) is 13.1. The molecule has 4 nitrogen and oxygen atoms in total. The molecule has 0 aromatic heterocycles. The van der Waals surface area contributed by atoms with E-state index in [0.717, 1.165) is 39.0 Å². The Labute approximate surface area is 120 Å². The maximum absolute atomic E-state index is 9.59. The van der Waals surface area contributed by atoms with E-state index in [4.69, 9.17) is 0 Å². The number of hydrogen-bond donors (Lipinski definition) is 2. The van der Waals surface area contributed by atoms with E-state index >= 15 is 0 Å². The van der Waals surface area contributed by atoms with Crippen molar-refractivity contribution >= 4 is 0 Å². The molecule has 2 atom stereocenters. The van der Waals surface area contributed by atoms with Crippen molar-refractivity contribution < 1.29 is 5.11 Å². The van der Waals surface area contributed by atoms with Gasteiger partial charge in [0.25, 0.3) is 0 Å². The first kappa shape index (κ1) is 18.8. The van der Waals surface area contributed by atoms with E-state index in [2.05, 4.69) is 56.9 Å². The first-order valence-corrected chi connectivity index (χ1v) is 7.63. The van der Waals surface area contributed by atoms with Gasteiger partial charge in [-0.3, -0.25) is 4.90 Å². The van der Waals surface area contributed by atoms with Crippen LogP contribution in [0.4, 0.5) is 0 Å². The summed E-state index contributed by atoms with van der Waals surface area (Å²) >= 11 is 0. The lowest BCUT2D eigenvalue weighted by Gasteiger charge is -2.35. The monoisotopic (exact) mass is 273 g/mol. The van der Waals surface area contributed by atoms with Gasteiger partial charge in [0.15, 0.2) is 0 Å². The van der Waals surface area contributed by atoms with E-state index in [-0.39, 0.29) is 12.1 Å². The zero-order valence-electron chi connectivity index (χ0n) is 13.9. The van der Waals surface area contributed by atoms with Crippen LogP contribution >= 0.6 is 0 Å². The fourth-order valence-electron chi connectivity index (χ4n) is 2.37. The first-order chi connectivity index (χ1) is 8.88. The number of aliphatic hydroxyl groups excluding tert-OH is 1. The highest BCUT2D eigenvalue weighted by atomic mass is 16.3. The van der Waals surface area contributed by atoms with Crippen molar-refractivity contribution in [2.45, 2.75) is 52.1 Å². The van der Waals surface area contributed by atoms with E-state index in [1.165, 1.54) is 0 Å². The van der Waals surface area contributed by atoms with Crippen LogP contribution in [0.5, 0.6) is 0 Å². The summed E-state index contributed by atoms with van der Waals surface area (Å²) in [5.74, 6) is 0. The van der Waals surface area contributed by atoms with E-state index in [1.807, 2.05) is 0 Å². The topological polar surface area (TPSA) is 38.7 Å². The predicted octanol–water partition coefficient (Wildman–Crippen LogP) is 1.40. The Morgan fingerprint density at radius 3 is 2.32 bits per heavy atom. The highest BCUT2D eigenvalue weighted by molar-refractivity contribution is 4.84. The zero-order chi connectivity index (χ0) is 14.9. The molecule has 0 radical (unpaired) electrons. The van der Waals surface area contributed by atoms with Crippen LogP contribution in [0.15, 0.2) is 0 Å². The van der Waals surface area contributed by atoms with Gasteiger partial charge in [-0.1, -0.05) is 13.8 Å². The molecule has 116 valence electrons. The Morgan fingerprint density at radius 1 is 1.26 bits per heavy atom. The van der Waals surface area contributed by atoms with E-state index < -0.39 is 0 Å². The molecule has 0 amide bonds. The number of nitrogens with one attached hydrogen (secondary N) is 1. The lowest BCUT2D eigenvalue weighted by Crippen LogP contribution is -2.50. The summed E-state index contributed by atoms with van der Waals surface area (Å²) in [6.07, 6.45) is 2.08. The number of likely N-dealkylation sites (N-methyl/N-ethyl adjacent to an activating group) is 2. The highest BCUT2D eigenvalue weighted by Crippen LogP contribution is 2.12. The molecule has 0 aromatic rings. The molecule has 0 aliphatic carbocycles. The average Bonchev–Trinajstić information content (AvgIpc) is 2.36. The minimum atomic E-state index is -0.152. The summed E-state index contributed by atoms with van der Waals surface area (Å²) in [6, 6.07) is 0.550. The quantitative estimate of drug-likeness (QED) is 0.597. The molecule has 19 heavy (non-hydrogen) atoms. The lowest BCUT2D eigenvalue weighted by atomic mass is 9.98. The van der Waals surface area contributed by atoms with Crippen molar-refractivity contribution in [1.29, 1.82) is 0 Å². The van der Waals surface area contributed by atoms with Crippen LogP contribution in [-0.4, -0.2) is 73.4 Å². The molecule has 0 spiro atoms. The van der Waals surface area contributed by atoms with Gasteiger partial charge in [0.1, 0.15) is 0 Å². The Morgan fingerprint density at radius 2 is 1.89 bits per heavy atom. The van der Waals surface area contributed by atoms with Crippen LogP contribution in [0, 0.1) is 0 Å². The molecule has 0 bridgehead atoms. The van der Waals surface area contributed by atoms with Crippen molar-refractivity contribution in [3.63, 3.8) is 0 Å². The molecule has 0 aliphatic rings. The summed E-state index contributed by atoms with van der Waals surface area (Å²) < 4.78 is 0. The zero-order valence-corrected chi connectivity index (χ0v) is 13.9. The second-order valence-corrected chi connectivity index (χ2v) is 6.14. The van der Waals surface area contributed by atoms with Crippen molar-refractivity contribution in [3.8, 4) is 0 Å². The number of hydrogen-bond acceptors (Lipinski definition) is 4. The molecule has 0 saturated carbocycles. The van der Waals surface area contributed by atoms with Crippen molar-refractivity contribution in [2.24, 2.45) is 0 Å². The maximum atomic E-state index is 9.59. The van der Waals surface area contributed by atoms with Crippen LogP contribution in [0.25, 0.3) is 0 Å². The van der Waals surface area contributed by atoms with Crippen LogP contribution < -0.4 is 5.32 Å². The molecule has 0 aliphatic heterocycles. The third-order valence-corrected chi connectivity index (χ3v) is 3.76. The van der Waals surface area contributed by atoms with Gasteiger partial charge in [0, 0.05) is 24.7 Å². The Kier molecular flexibility index (Phi) is 9.62. The van der Waals surface area contributed by atoms with Gasteiger partial charge in [0.2, 0.25) is 0 Å². The molecule has 0 heterocycles. The summed E-state index contributed by atoms with van der Waals surface area (Å²) in [5.41, 5.74) is -0.152. The number of aliphatic hydroxyl groups is 1. The van der Waals surface area contributed by atoms with Gasteiger partial charge in [-0.15, -0.1) is 0 Å². The molecular weight excluding hydrogens is 238 g/mol. The molecule has 2 unspecified atom stereocenters. The molecule has 0 saturated heterocycles. The number of rotatable bonds is 11. The average molecular weight is 273 g/mol. The van der Waals surface area contributed by atoms with Crippen LogP contribution in [-0.2, 0) is 0 Å². The van der Waals surface area contributed by atoms with Gasteiger partial charge in [-0.25, -0.2) is 0 Å². The second-order valence-electron chi connectivity index (χ2n) is 6.14.